The number of halogens is 2. The zero-order valence-electron chi connectivity index (χ0n) is 22.7. The van der Waals surface area contributed by atoms with Crippen molar-refractivity contribution in [1.82, 2.24) is 0 Å². The van der Waals surface area contributed by atoms with Gasteiger partial charge in [0.15, 0.2) is 17.1 Å². The molecule has 0 radical (unpaired) electrons. The smallest absolute Gasteiger partial charge is 0.319 e. The fourth-order valence-corrected chi connectivity index (χ4v) is 10.7. The van der Waals surface area contributed by atoms with Gasteiger partial charge < -0.3 is 14.6 Å². The minimum Gasteiger partial charge on any atom is -0.465 e. The second-order valence-electron chi connectivity index (χ2n) is 12.7. The van der Waals surface area contributed by atoms with E-state index in [-0.39, 0.29) is 37.4 Å². The Bertz CT molecular complexity index is 1230. The van der Waals surface area contributed by atoms with E-state index in [0.29, 0.717) is 17.9 Å². The lowest BCUT2D eigenvalue weighted by Gasteiger charge is -2.63. The van der Waals surface area contributed by atoms with Gasteiger partial charge in [0.1, 0.15) is 11.4 Å². The Morgan fingerprint density at radius 1 is 1.20 bits per heavy atom. The molecule has 0 aromatic rings. The highest BCUT2D eigenvalue weighted by Gasteiger charge is 2.78. The molecule has 0 aromatic carbocycles. The number of ketones is 1. The molecular weight excluding hydrogens is 562 g/mol. The molecule has 4 aliphatic carbocycles. The van der Waals surface area contributed by atoms with Crippen molar-refractivity contribution in [3.63, 3.8) is 0 Å². The first kappa shape index (κ1) is 28.4. The summed E-state index contributed by atoms with van der Waals surface area (Å²) in [6.45, 7) is 5.25. The van der Waals surface area contributed by atoms with Gasteiger partial charge in [0.25, 0.3) is 0 Å². The van der Waals surface area contributed by atoms with Gasteiger partial charge >= 0.3 is 11.9 Å². The van der Waals surface area contributed by atoms with Crippen LogP contribution in [0.2, 0.25) is 0 Å². The third-order valence-electron chi connectivity index (χ3n) is 10.8. The molecule has 0 aromatic heterocycles. The van der Waals surface area contributed by atoms with Gasteiger partial charge in [-0.05, 0) is 49.8 Å². The van der Waals surface area contributed by atoms with Gasteiger partial charge in [-0.25, -0.2) is 8.78 Å². The van der Waals surface area contributed by atoms with E-state index in [1.165, 1.54) is 19.1 Å². The Balaban J connectivity index is 1.44. The fraction of sp³-hybridized carbons (Fsp3) is 0.724. The molecule has 0 bridgehead atoms. The van der Waals surface area contributed by atoms with Crippen LogP contribution >= 0.6 is 23.5 Å². The van der Waals surface area contributed by atoms with Crippen LogP contribution in [0.3, 0.4) is 0 Å². The highest BCUT2D eigenvalue weighted by atomic mass is 32.2. The lowest BCUT2D eigenvalue weighted by atomic mass is 9.44. The molecule has 2 saturated heterocycles. The fourth-order valence-electron chi connectivity index (χ4n) is 8.63. The molecule has 218 valence electrons. The average Bonchev–Trinajstić information content (AvgIpc) is 3.35. The van der Waals surface area contributed by atoms with Crippen molar-refractivity contribution >= 4 is 46.4 Å². The standard InChI is InChI=1S/C29H34F2O7S2/c1-14-8-17-18-10-20(30)19-9-16(32)4-6-26(19,2)28(18,31)22(33)11-27(17,3)29(14,38-23(34)15-12-39-13-15)25(36)40-21-5-7-37-24(21)35/h4,6,9,14-15,17-18,20-22,33H,5,7-8,10-13H2,1-3H3/t14-,17+,18+,20+,21+,22+,26+,27+,28+,29+/m1/s1. The average molecular weight is 597 g/mol. The summed E-state index contributed by atoms with van der Waals surface area (Å²) in [4.78, 5) is 52.1. The van der Waals surface area contributed by atoms with Crippen molar-refractivity contribution in [3.8, 4) is 0 Å². The third kappa shape index (κ3) is 3.58. The summed E-state index contributed by atoms with van der Waals surface area (Å²) < 4.78 is 44.7. The monoisotopic (exact) mass is 596 g/mol. The highest BCUT2D eigenvalue weighted by Crippen LogP contribution is 2.72. The molecule has 7 nitrogen and oxygen atoms in total. The number of ether oxygens (including phenoxy) is 2. The molecule has 6 aliphatic rings. The number of esters is 2. The topological polar surface area (TPSA) is 107 Å². The second-order valence-corrected chi connectivity index (χ2v) is 15.0. The van der Waals surface area contributed by atoms with E-state index >= 15 is 8.78 Å². The number of hydrogen-bond donors (Lipinski definition) is 1. The predicted octanol–water partition coefficient (Wildman–Crippen LogP) is 3.77. The number of cyclic esters (lactones) is 1. The van der Waals surface area contributed by atoms with Gasteiger partial charge in [-0.3, -0.25) is 19.2 Å². The molecule has 0 unspecified atom stereocenters. The first-order valence-electron chi connectivity index (χ1n) is 13.9. The number of carbonyl (C=O) groups is 4. The Labute approximate surface area is 240 Å². The van der Waals surface area contributed by atoms with Gasteiger partial charge in [-0.1, -0.05) is 31.7 Å². The number of aliphatic hydroxyl groups excluding tert-OH is 1. The van der Waals surface area contributed by atoms with E-state index in [0.717, 1.165) is 17.8 Å². The molecule has 10 atom stereocenters. The summed E-state index contributed by atoms with van der Waals surface area (Å²) in [5.74, 6) is -2.86. The van der Waals surface area contributed by atoms with E-state index in [1.807, 2.05) is 0 Å². The molecule has 6 rings (SSSR count). The number of hydrogen-bond acceptors (Lipinski definition) is 9. The van der Waals surface area contributed by atoms with Gasteiger partial charge in [0.05, 0.1) is 18.6 Å². The van der Waals surface area contributed by atoms with Gasteiger partial charge in [0, 0.05) is 40.6 Å². The van der Waals surface area contributed by atoms with Crippen LogP contribution < -0.4 is 0 Å². The van der Waals surface area contributed by atoms with Crippen LogP contribution in [-0.4, -0.2) is 74.9 Å². The van der Waals surface area contributed by atoms with Crippen molar-refractivity contribution < 1.29 is 42.5 Å². The number of allylic oxidation sites excluding steroid dienone is 4. The van der Waals surface area contributed by atoms with Crippen LogP contribution in [0, 0.1) is 34.5 Å². The number of aliphatic hydroxyl groups is 1. The number of carbonyl (C=O) groups excluding carboxylic acids is 4. The van der Waals surface area contributed by atoms with Crippen molar-refractivity contribution in [2.24, 2.45) is 34.5 Å². The maximum absolute atomic E-state index is 17.6. The third-order valence-corrected chi connectivity index (χ3v) is 13.3. The number of alkyl halides is 2. The Morgan fingerprint density at radius 2 is 1.93 bits per heavy atom. The summed E-state index contributed by atoms with van der Waals surface area (Å²) in [5, 5.41) is 10.4. The second kappa shape index (κ2) is 9.39. The first-order valence-corrected chi connectivity index (χ1v) is 16.0. The van der Waals surface area contributed by atoms with Crippen LogP contribution in [0.4, 0.5) is 8.78 Å². The molecule has 2 aliphatic heterocycles. The molecule has 2 heterocycles. The van der Waals surface area contributed by atoms with Crippen LogP contribution in [-0.2, 0) is 28.7 Å². The maximum Gasteiger partial charge on any atom is 0.319 e. The Kier molecular flexibility index (Phi) is 6.67. The summed E-state index contributed by atoms with van der Waals surface area (Å²) in [6.07, 6.45) is 0.654. The number of rotatable bonds is 4. The van der Waals surface area contributed by atoms with Gasteiger partial charge in [0.2, 0.25) is 5.12 Å². The zero-order valence-corrected chi connectivity index (χ0v) is 24.3. The van der Waals surface area contributed by atoms with Crippen LogP contribution in [0.25, 0.3) is 0 Å². The van der Waals surface area contributed by atoms with Crippen molar-refractivity contribution in [2.75, 3.05) is 18.1 Å². The quantitative estimate of drug-likeness (QED) is 0.486. The Hall–Kier alpha value is -1.72. The van der Waals surface area contributed by atoms with E-state index in [2.05, 4.69) is 0 Å². The summed E-state index contributed by atoms with van der Waals surface area (Å²) in [5.41, 5.74) is -6.80. The molecule has 1 N–H and O–H groups in total. The SMILES string of the molecule is C[C@@H]1C[C@H]2[C@@H]3C[C@H](F)C4=CC(=O)C=C[C@]4(C)[C@@]3(F)[C@@H](O)C[C@]2(C)[C@@]1(OC(=O)C1CSC1)C(=O)S[C@H]1CCOC1=O. The highest BCUT2D eigenvalue weighted by molar-refractivity contribution is 8.14. The summed E-state index contributed by atoms with van der Waals surface area (Å²) >= 11 is 2.39. The molecule has 5 fully saturated rings. The van der Waals surface area contributed by atoms with Gasteiger partial charge in [-0.2, -0.15) is 11.8 Å². The predicted molar refractivity (Wildman–Crippen MR) is 145 cm³/mol. The van der Waals surface area contributed by atoms with Crippen LogP contribution in [0.5, 0.6) is 0 Å². The minimum absolute atomic E-state index is 0.0269. The lowest BCUT2D eigenvalue weighted by Crippen LogP contribution is -2.71. The lowest BCUT2D eigenvalue weighted by molar-refractivity contribution is -0.229. The van der Waals surface area contributed by atoms with E-state index in [4.69, 9.17) is 9.47 Å². The summed E-state index contributed by atoms with van der Waals surface area (Å²) in [6, 6.07) is 0. The van der Waals surface area contributed by atoms with Crippen molar-refractivity contribution in [1.29, 1.82) is 0 Å². The molecule has 0 spiro atoms. The number of thioether (sulfide) groups is 2. The molecular formula is C29H34F2O7S2. The zero-order chi connectivity index (χ0) is 28.8. The minimum atomic E-state index is -2.31. The maximum atomic E-state index is 17.6. The number of fused-ring (bicyclic) bond motifs is 5. The molecule has 0 amide bonds. The van der Waals surface area contributed by atoms with Crippen LogP contribution in [0.15, 0.2) is 23.8 Å². The Morgan fingerprint density at radius 3 is 2.55 bits per heavy atom. The first-order chi connectivity index (χ1) is 18.8. The van der Waals surface area contributed by atoms with E-state index in [1.54, 1.807) is 25.6 Å². The summed E-state index contributed by atoms with van der Waals surface area (Å²) in [7, 11) is 0. The molecule has 40 heavy (non-hydrogen) atoms. The van der Waals surface area contributed by atoms with Gasteiger partial charge in [-0.15, -0.1) is 0 Å². The molecule has 3 saturated carbocycles. The molecule has 11 heteroatoms. The largest absolute Gasteiger partial charge is 0.465 e. The normalized spacial score (nSPS) is 47.9. The van der Waals surface area contributed by atoms with Crippen molar-refractivity contribution in [2.45, 2.75) is 75.2 Å². The van der Waals surface area contributed by atoms with E-state index < -0.39 is 80.2 Å². The van der Waals surface area contributed by atoms with Crippen LogP contribution in [0.1, 0.15) is 46.5 Å². The van der Waals surface area contributed by atoms with E-state index in [9.17, 15) is 24.3 Å². The van der Waals surface area contributed by atoms with Crippen molar-refractivity contribution in [3.05, 3.63) is 23.8 Å².